The Morgan fingerprint density at radius 3 is 2.54 bits per heavy atom. The number of alkyl halides is 3. The Bertz CT molecular complexity index is 805. The van der Waals surface area contributed by atoms with Crippen molar-refractivity contribution in [1.82, 2.24) is 9.88 Å². The van der Waals surface area contributed by atoms with Crippen molar-refractivity contribution in [3.05, 3.63) is 52.7 Å². The van der Waals surface area contributed by atoms with Gasteiger partial charge in [-0.1, -0.05) is 11.6 Å². The maximum atomic E-state index is 12.9. The molecular weight excluding hydrogens is 367 g/mol. The molecule has 1 aliphatic heterocycles. The number of nitrogens with zero attached hydrogens (tertiary/aromatic N) is 2. The summed E-state index contributed by atoms with van der Waals surface area (Å²) < 4.78 is 38.6. The standard InChI is InChI=1S/C18H17ClF3N3O/c19-14-5-4-13(18(20,21)22)11-15(14)24-16-10-12(6-7-23-16)17(26)25-8-2-1-3-9-25/h4-7,10-11H,1-3,8-9H2,(H,23,24). The maximum absolute atomic E-state index is 12.9. The molecule has 0 atom stereocenters. The molecule has 0 aliphatic carbocycles. The van der Waals surface area contributed by atoms with Gasteiger partial charge in [-0.2, -0.15) is 13.2 Å². The lowest BCUT2D eigenvalue weighted by Crippen LogP contribution is -2.35. The molecule has 1 aliphatic rings. The lowest BCUT2D eigenvalue weighted by atomic mass is 10.1. The highest BCUT2D eigenvalue weighted by molar-refractivity contribution is 6.33. The average Bonchev–Trinajstić information content (AvgIpc) is 2.63. The molecule has 0 radical (unpaired) electrons. The number of amides is 1. The number of benzene rings is 1. The molecule has 26 heavy (non-hydrogen) atoms. The van der Waals surface area contributed by atoms with Gasteiger partial charge in [0, 0.05) is 24.8 Å². The van der Waals surface area contributed by atoms with E-state index in [0.29, 0.717) is 18.7 Å². The van der Waals surface area contributed by atoms with E-state index in [0.717, 1.165) is 31.4 Å². The third-order valence-electron chi connectivity index (χ3n) is 4.21. The number of carbonyl (C=O) groups is 1. The Balaban J connectivity index is 1.82. The molecule has 138 valence electrons. The summed E-state index contributed by atoms with van der Waals surface area (Å²) in [4.78, 5) is 18.4. The summed E-state index contributed by atoms with van der Waals surface area (Å²) in [6.45, 7) is 1.42. The van der Waals surface area contributed by atoms with Gasteiger partial charge in [0.15, 0.2) is 0 Å². The number of nitrogens with one attached hydrogen (secondary N) is 1. The summed E-state index contributed by atoms with van der Waals surface area (Å²) in [7, 11) is 0. The fourth-order valence-electron chi connectivity index (χ4n) is 2.85. The van der Waals surface area contributed by atoms with Gasteiger partial charge in [0.05, 0.1) is 16.3 Å². The summed E-state index contributed by atoms with van der Waals surface area (Å²) >= 11 is 5.99. The fraction of sp³-hybridized carbons (Fsp3) is 0.333. The van der Waals surface area contributed by atoms with Crippen molar-refractivity contribution in [2.75, 3.05) is 18.4 Å². The SMILES string of the molecule is O=C(c1ccnc(Nc2cc(C(F)(F)F)ccc2Cl)c1)N1CCCCC1. The van der Waals surface area contributed by atoms with E-state index in [1.165, 1.54) is 18.3 Å². The van der Waals surface area contributed by atoms with E-state index in [4.69, 9.17) is 11.6 Å². The van der Waals surface area contributed by atoms with E-state index in [2.05, 4.69) is 10.3 Å². The Morgan fingerprint density at radius 1 is 1.12 bits per heavy atom. The van der Waals surface area contributed by atoms with Gasteiger partial charge in [-0.15, -0.1) is 0 Å². The van der Waals surface area contributed by atoms with Crippen molar-refractivity contribution in [2.24, 2.45) is 0 Å². The van der Waals surface area contributed by atoms with Crippen LogP contribution in [0.25, 0.3) is 0 Å². The van der Waals surface area contributed by atoms with Crippen LogP contribution in [0.15, 0.2) is 36.5 Å². The second kappa shape index (κ2) is 7.53. The number of hydrogen-bond donors (Lipinski definition) is 1. The Hall–Kier alpha value is -2.28. The van der Waals surface area contributed by atoms with E-state index in [-0.39, 0.29) is 22.4 Å². The van der Waals surface area contributed by atoms with Crippen LogP contribution in [-0.2, 0) is 6.18 Å². The minimum absolute atomic E-state index is 0.0802. The van der Waals surface area contributed by atoms with Crippen molar-refractivity contribution < 1.29 is 18.0 Å². The quantitative estimate of drug-likeness (QED) is 0.799. The predicted molar refractivity (Wildman–Crippen MR) is 93.7 cm³/mol. The minimum Gasteiger partial charge on any atom is -0.339 e. The summed E-state index contributed by atoms with van der Waals surface area (Å²) in [5.41, 5.74) is -0.297. The highest BCUT2D eigenvalue weighted by atomic mass is 35.5. The number of likely N-dealkylation sites (tertiary alicyclic amines) is 1. The number of piperidine rings is 1. The van der Waals surface area contributed by atoms with Gasteiger partial charge >= 0.3 is 6.18 Å². The number of aromatic nitrogens is 1. The van der Waals surface area contributed by atoms with Gasteiger partial charge in [-0.3, -0.25) is 4.79 Å². The Labute approximate surface area is 154 Å². The lowest BCUT2D eigenvalue weighted by Gasteiger charge is -2.26. The maximum Gasteiger partial charge on any atom is 0.416 e. The largest absolute Gasteiger partial charge is 0.416 e. The van der Waals surface area contributed by atoms with Crippen LogP contribution in [0.2, 0.25) is 5.02 Å². The van der Waals surface area contributed by atoms with Gasteiger partial charge in [0.1, 0.15) is 5.82 Å². The number of rotatable bonds is 3. The molecule has 2 heterocycles. The van der Waals surface area contributed by atoms with E-state index in [1.807, 2.05) is 0 Å². The first-order chi connectivity index (χ1) is 12.3. The summed E-state index contributed by atoms with van der Waals surface area (Å²) in [5.74, 6) is 0.152. The van der Waals surface area contributed by atoms with E-state index in [9.17, 15) is 18.0 Å². The van der Waals surface area contributed by atoms with Crippen molar-refractivity contribution in [1.29, 1.82) is 0 Å². The predicted octanol–water partition coefficient (Wildman–Crippen LogP) is 5.12. The van der Waals surface area contributed by atoms with Crippen LogP contribution in [0.5, 0.6) is 0 Å². The van der Waals surface area contributed by atoms with Gasteiger partial charge in [0.2, 0.25) is 0 Å². The molecule has 1 fully saturated rings. The third-order valence-corrected chi connectivity index (χ3v) is 4.54. The van der Waals surface area contributed by atoms with Crippen molar-refractivity contribution in [3.63, 3.8) is 0 Å². The zero-order valence-corrected chi connectivity index (χ0v) is 14.6. The summed E-state index contributed by atoms with van der Waals surface area (Å²) in [5, 5.41) is 2.90. The molecule has 0 spiro atoms. The smallest absolute Gasteiger partial charge is 0.339 e. The number of anilines is 2. The molecule has 8 heteroatoms. The Kier molecular flexibility index (Phi) is 5.36. The second-order valence-electron chi connectivity index (χ2n) is 6.10. The monoisotopic (exact) mass is 383 g/mol. The summed E-state index contributed by atoms with van der Waals surface area (Å²) in [6.07, 6.45) is 0.0338. The van der Waals surface area contributed by atoms with Gasteiger partial charge in [0.25, 0.3) is 5.91 Å². The molecule has 2 aromatic rings. The molecule has 0 saturated carbocycles. The second-order valence-corrected chi connectivity index (χ2v) is 6.51. The third kappa shape index (κ3) is 4.27. The molecule has 1 N–H and O–H groups in total. The highest BCUT2D eigenvalue weighted by Crippen LogP contribution is 2.34. The average molecular weight is 384 g/mol. The van der Waals surface area contributed by atoms with Crippen LogP contribution in [0, 0.1) is 0 Å². The van der Waals surface area contributed by atoms with Crippen LogP contribution >= 0.6 is 11.6 Å². The van der Waals surface area contributed by atoms with E-state index in [1.54, 1.807) is 11.0 Å². The molecule has 4 nitrogen and oxygen atoms in total. The highest BCUT2D eigenvalue weighted by Gasteiger charge is 2.31. The van der Waals surface area contributed by atoms with Crippen LogP contribution in [0.3, 0.4) is 0 Å². The lowest BCUT2D eigenvalue weighted by molar-refractivity contribution is -0.137. The molecule has 0 unspecified atom stereocenters. The van der Waals surface area contributed by atoms with Gasteiger partial charge in [-0.25, -0.2) is 4.98 Å². The molecule has 3 rings (SSSR count). The number of pyridine rings is 1. The molecule has 1 aromatic carbocycles. The first-order valence-electron chi connectivity index (χ1n) is 8.24. The van der Waals surface area contributed by atoms with Gasteiger partial charge in [-0.05, 0) is 49.6 Å². The van der Waals surface area contributed by atoms with Crippen LogP contribution in [-0.4, -0.2) is 28.9 Å². The minimum atomic E-state index is -4.47. The zero-order valence-electron chi connectivity index (χ0n) is 13.8. The normalized spacial score (nSPS) is 15.0. The topological polar surface area (TPSA) is 45.2 Å². The van der Waals surface area contributed by atoms with Crippen molar-refractivity contribution in [3.8, 4) is 0 Å². The number of carbonyl (C=O) groups excluding carboxylic acids is 1. The Morgan fingerprint density at radius 2 is 1.85 bits per heavy atom. The first-order valence-corrected chi connectivity index (χ1v) is 8.61. The van der Waals surface area contributed by atoms with Crippen LogP contribution in [0.4, 0.5) is 24.7 Å². The van der Waals surface area contributed by atoms with Crippen LogP contribution < -0.4 is 5.32 Å². The van der Waals surface area contributed by atoms with Crippen LogP contribution in [0.1, 0.15) is 35.2 Å². The first kappa shape index (κ1) is 18.5. The number of hydrogen-bond acceptors (Lipinski definition) is 3. The molecular formula is C18H17ClF3N3O. The van der Waals surface area contributed by atoms with Crippen molar-refractivity contribution >= 4 is 29.0 Å². The van der Waals surface area contributed by atoms with E-state index < -0.39 is 11.7 Å². The fourth-order valence-corrected chi connectivity index (χ4v) is 3.01. The van der Waals surface area contributed by atoms with E-state index >= 15 is 0 Å². The zero-order chi connectivity index (χ0) is 18.7. The summed E-state index contributed by atoms with van der Waals surface area (Å²) in [6, 6.07) is 6.12. The molecule has 1 saturated heterocycles. The van der Waals surface area contributed by atoms with Crippen molar-refractivity contribution in [2.45, 2.75) is 25.4 Å². The molecule has 1 amide bonds. The van der Waals surface area contributed by atoms with Gasteiger partial charge < -0.3 is 10.2 Å². The number of halogens is 4. The molecule has 0 bridgehead atoms. The molecule has 1 aromatic heterocycles.